The summed E-state index contributed by atoms with van der Waals surface area (Å²) in [5, 5.41) is 17.5. The lowest BCUT2D eigenvalue weighted by atomic mass is 9.80. The first-order chi connectivity index (χ1) is 7.87. The van der Waals surface area contributed by atoms with E-state index in [1.807, 2.05) is 0 Å². The topological polar surface area (TPSA) is 74.6 Å². The normalized spacial score (nSPS) is 22.2. The maximum Gasteiger partial charge on any atom is 0.331 e. The lowest BCUT2D eigenvalue weighted by Gasteiger charge is -2.23. The van der Waals surface area contributed by atoms with E-state index in [0.717, 1.165) is 5.75 Å². The van der Waals surface area contributed by atoms with Crippen LogP contribution >= 0.6 is 12.6 Å². The fourth-order valence-corrected chi connectivity index (χ4v) is 1.18. The van der Waals surface area contributed by atoms with Crippen LogP contribution in [-0.2, 0) is 9.59 Å². The molecule has 1 rings (SSSR count). The number of hydrogen-bond donors (Lipinski definition) is 3. The molecule has 1 aliphatic carbocycles. The van der Waals surface area contributed by atoms with Crippen LogP contribution < -0.4 is 0 Å². The van der Waals surface area contributed by atoms with Crippen LogP contribution in [0.2, 0.25) is 0 Å². The van der Waals surface area contributed by atoms with Gasteiger partial charge >= 0.3 is 11.9 Å². The van der Waals surface area contributed by atoms with Crippen molar-refractivity contribution in [3.8, 4) is 0 Å². The van der Waals surface area contributed by atoms with E-state index in [-0.39, 0.29) is 12.0 Å². The molecule has 17 heavy (non-hydrogen) atoms. The third-order valence-electron chi connectivity index (χ3n) is 2.31. The van der Waals surface area contributed by atoms with Crippen molar-refractivity contribution < 1.29 is 19.8 Å². The standard InChI is InChI=1S/C9H10O4.C3H8S/c1-9(8(12)13)4-2-3-6(5-9)7(10)11;1-2-3-4/h2-4H,5H2,1H3,(H,10,11)(H,12,13);4H,2-3H2,1H3. The number of hydrogen-bond acceptors (Lipinski definition) is 3. The van der Waals surface area contributed by atoms with E-state index >= 15 is 0 Å². The highest BCUT2D eigenvalue weighted by Gasteiger charge is 2.34. The minimum absolute atomic E-state index is 0.0359. The Labute approximate surface area is 106 Å². The quantitative estimate of drug-likeness (QED) is 0.679. The molecule has 0 heterocycles. The van der Waals surface area contributed by atoms with Crippen molar-refractivity contribution in [3.05, 3.63) is 23.8 Å². The number of aliphatic carboxylic acids is 2. The van der Waals surface area contributed by atoms with E-state index < -0.39 is 17.4 Å². The van der Waals surface area contributed by atoms with Gasteiger partial charge in [0.25, 0.3) is 0 Å². The van der Waals surface area contributed by atoms with E-state index in [2.05, 4.69) is 19.6 Å². The Morgan fingerprint density at radius 3 is 2.35 bits per heavy atom. The second kappa shape index (κ2) is 7.17. The van der Waals surface area contributed by atoms with Gasteiger partial charge in [-0.1, -0.05) is 25.2 Å². The summed E-state index contributed by atoms with van der Waals surface area (Å²) in [5.41, 5.74) is -0.949. The van der Waals surface area contributed by atoms with Gasteiger partial charge in [0.2, 0.25) is 0 Å². The average molecular weight is 258 g/mol. The van der Waals surface area contributed by atoms with E-state index in [4.69, 9.17) is 10.2 Å². The molecule has 0 amide bonds. The Balaban J connectivity index is 0.000000557. The molecule has 1 unspecified atom stereocenters. The molecule has 0 saturated heterocycles. The van der Waals surface area contributed by atoms with Crippen molar-refractivity contribution in [2.24, 2.45) is 5.41 Å². The lowest BCUT2D eigenvalue weighted by Crippen LogP contribution is -2.28. The number of thiol groups is 1. The molecular weight excluding hydrogens is 240 g/mol. The van der Waals surface area contributed by atoms with Crippen molar-refractivity contribution in [3.63, 3.8) is 0 Å². The molecule has 0 radical (unpaired) electrons. The predicted octanol–water partition coefficient (Wildman–Crippen LogP) is 2.37. The number of carbonyl (C=O) groups is 2. The van der Waals surface area contributed by atoms with Crippen molar-refractivity contribution in [1.29, 1.82) is 0 Å². The Hall–Kier alpha value is -1.23. The predicted molar refractivity (Wildman–Crippen MR) is 69.4 cm³/mol. The van der Waals surface area contributed by atoms with E-state index in [1.54, 1.807) is 0 Å². The Bertz CT molecular complexity index is 344. The van der Waals surface area contributed by atoms with Crippen molar-refractivity contribution in [2.45, 2.75) is 26.7 Å². The van der Waals surface area contributed by atoms with Gasteiger partial charge in [0.05, 0.1) is 5.41 Å². The van der Waals surface area contributed by atoms with Crippen molar-refractivity contribution >= 4 is 24.6 Å². The molecule has 0 aromatic heterocycles. The molecule has 0 aromatic rings. The summed E-state index contributed by atoms with van der Waals surface area (Å²) in [6.07, 6.45) is 5.62. The van der Waals surface area contributed by atoms with E-state index in [9.17, 15) is 9.59 Å². The highest BCUT2D eigenvalue weighted by Crippen LogP contribution is 2.31. The van der Waals surface area contributed by atoms with Crippen LogP contribution in [-0.4, -0.2) is 27.9 Å². The zero-order valence-corrected chi connectivity index (χ0v) is 10.9. The minimum Gasteiger partial charge on any atom is -0.481 e. The zero-order valence-electron chi connectivity index (χ0n) is 10.0. The molecule has 5 heteroatoms. The Morgan fingerprint density at radius 2 is 2.00 bits per heavy atom. The third kappa shape index (κ3) is 5.08. The number of rotatable bonds is 3. The molecule has 4 nitrogen and oxygen atoms in total. The highest BCUT2D eigenvalue weighted by atomic mass is 32.1. The van der Waals surface area contributed by atoms with Crippen LogP contribution in [0, 0.1) is 5.41 Å². The van der Waals surface area contributed by atoms with Crippen molar-refractivity contribution in [1.82, 2.24) is 0 Å². The molecule has 0 fully saturated rings. The fourth-order valence-electron chi connectivity index (χ4n) is 1.18. The molecule has 1 atom stereocenters. The van der Waals surface area contributed by atoms with E-state index in [1.165, 1.54) is 31.6 Å². The van der Waals surface area contributed by atoms with Gasteiger partial charge in [-0.3, -0.25) is 4.79 Å². The fraction of sp³-hybridized carbons (Fsp3) is 0.500. The SMILES string of the molecule is CC1(C(=O)O)C=CC=C(C(=O)O)C1.CCCS. The third-order valence-corrected chi connectivity index (χ3v) is 2.75. The molecule has 0 aromatic carbocycles. The minimum atomic E-state index is -1.08. The average Bonchev–Trinajstić information content (AvgIpc) is 2.29. The van der Waals surface area contributed by atoms with Gasteiger partial charge in [0, 0.05) is 5.57 Å². The van der Waals surface area contributed by atoms with Gasteiger partial charge in [-0.25, -0.2) is 4.79 Å². The highest BCUT2D eigenvalue weighted by molar-refractivity contribution is 7.80. The molecule has 0 aliphatic heterocycles. The Morgan fingerprint density at radius 1 is 1.47 bits per heavy atom. The van der Waals surface area contributed by atoms with Crippen LogP contribution in [0.15, 0.2) is 23.8 Å². The summed E-state index contributed by atoms with van der Waals surface area (Å²) in [5.74, 6) is -1.05. The first-order valence-electron chi connectivity index (χ1n) is 5.33. The van der Waals surface area contributed by atoms with Gasteiger partial charge in [-0.15, -0.1) is 0 Å². The summed E-state index contributed by atoms with van der Waals surface area (Å²) in [7, 11) is 0. The van der Waals surface area contributed by atoms with Crippen LogP contribution in [0.4, 0.5) is 0 Å². The summed E-state index contributed by atoms with van der Waals surface area (Å²) in [4.78, 5) is 21.3. The van der Waals surface area contributed by atoms with Crippen LogP contribution in [0.5, 0.6) is 0 Å². The zero-order chi connectivity index (χ0) is 13.5. The van der Waals surface area contributed by atoms with Crippen LogP contribution in [0.3, 0.4) is 0 Å². The molecule has 0 bridgehead atoms. The molecule has 0 spiro atoms. The monoisotopic (exact) mass is 258 g/mol. The summed E-state index contributed by atoms with van der Waals surface area (Å²) in [6, 6.07) is 0. The first kappa shape index (κ1) is 15.8. The molecular formula is C12H18O4S. The molecule has 2 N–H and O–H groups in total. The van der Waals surface area contributed by atoms with Gasteiger partial charge in [-0.05, 0) is 25.5 Å². The number of allylic oxidation sites excluding steroid dienone is 2. The number of carboxylic acids is 2. The van der Waals surface area contributed by atoms with Gasteiger partial charge in [0.15, 0.2) is 0 Å². The van der Waals surface area contributed by atoms with Crippen LogP contribution in [0.25, 0.3) is 0 Å². The first-order valence-corrected chi connectivity index (χ1v) is 5.96. The summed E-state index contributed by atoms with van der Waals surface area (Å²) >= 11 is 3.92. The maximum absolute atomic E-state index is 10.8. The smallest absolute Gasteiger partial charge is 0.331 e. The van der Waals surface area contributed by atoms with Crippen LogP contribution in [0.1, 0.15) is 26.7 Å². The van der Waals surface area contributed by atoms with Gasteiger partial charge in [-0.2, -0.15) is 12.6 Å². The number of carboxylic acid groups (broad SMARTS) is 2. The maximum atomic E-state index is 10.8. The lowest BCUT2D eigenvalue weighted by molar-refractivity contribution is -0.145. The summed E-state index contributed by atoms with van der Waals surface area (Å²) < 4.78 is 0. The van der Waals surface area contributed by atoms with Crippen molar-refractivity contribution in [2.75, 3.05) is 5.75 Å². The Kier molecular flexibility index (Phi) is 6.65. The molecule has 1 aliphatic rings. The molecule has 0 saturated carbocycles. The van der Waals surface area contributed by atoms with Gasteiger partial charge in [0.1, 0.15) is 0 Å². The second-order valence-corrected chi connectivity index (χ2v) is 4.43. The summed E-state index contributed by atoms with van der Waals surface area (Å²) in [6.45, 7) is 3.61. The van der Waals surface area contributed by atoms with E-state index in [0.29, 0.717) is 0 Å². The largest absolute Gasteiger partial charge is 0.481 e. The molecule has 96 valence electrons. The van der Waals surface area contributed by atoms with Gasteiger partial charge < -0.3 is 10.2 Å². The second-order valence-electron chi connectivity index (χ2n) is 3.98.